The summed E-state index contributed by atoms with van der Waals surface area (Å²) < 4.78 is 16.9. The van der Waals surface area contributed by atoms with Crippen LogP contribution in [0.25, 0.3) is 0 Å². The number of esters is 3. The summed E-state index contributed by atoms with van der Waals surface area (Å²) in [6.07, 6.45) is 102. The molecule has 0 aliphatic heterocycles. The first-order chi connectivity index (χ1) is 41.0. The first kappa shape index (κ1) is 77.8. The first-order valence-electron chi connectivity index (χ1n) is 33.6. The van der Waals surface area contributed by atoms with Crippen LogP contribution in [0, 0.1) is 0 Å². The van der Waals surface area contributed by atoms with Crippen molar-refractivity contribution in [2.75, 3.05) is 13.2 Å². The smallest absolute Gasteiger partial charge is 0.306 e. The van der Waals surface area contributed by atoms with Gasteiger partial charge in [-0.3, -0.25) is 14.4 Å². The van der Waals surface area contributed by atoms with Crippen molar-refractivity contribution >= 4 is 17.9 Å². The molecule has 0 saturated heterocycles. The van der Waals surface area contributed by atoms with Gasteiger partial charge in [-0.2, -0.15) is 0 Å². The molecule has 0 spiro atoms. The van der Waals surface area contributed by atoms with Gasteiger partial charge in [0.15, 0.2) is 6.10 Å². The lowest BCUT2D eigenvalue weighted by molar-refractivity contribution is -0.167. The molecule has 0 amide bonds. The van der Waals surface area contributed by atoms with Gasteiger partial charge in [-0.25, -0.2) is 0 Å². The zero-order chi connectivity index (χ0) is 59.9. The normalized spacial score (nSPS) is 13.2. The highest BCUT2D eigenvalue weighted by molar-refractivity contribution is 5.71. The van der Waals surface area contributed by atoms with Crippen LogP contribution >= 0.6 is 0 Å². The Balaban J connectivity index is 4.55. The third-order valence-electron chi connectivity index (χ3n) is 13.7. The Kier molecular flexibility index (Phi) is 64.9. The zero-order valence-electron chi connectivity index (χ0n) is 53.4. The molecule has 0 aromatic heterocycles. The minimum atomic E-state index is -0.824. The molecule has 6 heteroatoms. The standard InChI is InChI=1S/C77H122O6/c1-4-7-10-13-16-19-22-25-28-31-34-37-38-41-43-46-49-52-55-58-61-64-67-70-76(79)82-73-74(83-77(80)71-68-65-62-59-56-53-50-47-44-40-36-33-30-27-24-21-18-15-12-9-6-3)72-81-75(78)69-66-63-60-57-54-51-48-45-42-39-35-32-29-26-23-20-17-14-11-8-5-2/h7,9-10,12,16,18-19,21,23,25-28,30,32,34-37,40-43,45,47,50,56,59,74H,4-6,8,11,13-15,17,20,22,24,29,31,33,38-39,44,46,48-49,51-55,57-58,60-73H2,1-3H3/b10-7-,12-9-,19-16-,21-18-,26-23-,28-25-,30-27-,35-32-,37-34-,40-36-,43-41-,45-42-,50-47-,59-56-. The molecule has 0 radical (unpaired) electrons. The van der Waals surface area contributed by atoms with Gasteiger partial charge in [-0.1, -0.05) is 274 Å². The van der Waals surface area contributed by atoms with Crippen LogP contribution in [0.5, 0.6) is 0 Å². The lowest BCUT2D eigenvalue weighted by atomic mass is 10.1. The molecule has 1 unspecified atom stereocenters. The average Bonchev–Trinajstić information content (AvgIpc) is 3.49. The predicted molar refractivity (Wildman–Crippen MR) is 361 cm³/mol. The van der Waals surface area contributed by atoms with E-state index in [1.807, 2.05) is 0 Å². The maximum atomic E-state index is 12.9. The number of unbranched alkanes of at least 4 members (excludes halogenated alkanes) is 20. The molecule has 0 bridgehead atoms. The van der Waals surface area contributed by atoms with E-state index >= 15 is 0 Å². The van der Waals surface area contributed by atoms with Crippen molar-refractivity contribution in [3.05, 3.63) is 170 Å². The number of carbonyl (C=O) groups excluding carboxylic acids is 3. The Hall–Kier alpha value is -5.23. The molecule has 83 heavy (non-hydrogen) atoms. The fourth-order valence-electron chi connectivity index (χ4n) is 8.71. The highest BCUT2D eigenvalue weighted by atomic mass is 16.6. The summed E-state index contributed by atoms with van der Waals surface area (Å²) in [6, 6.07) is 0. The summed E-state index contributed by atoms with van der Waals surface area (Å²) >= 11 is 0. The Morgan fingerprint density at radius 1 is 0.253 bits per heavy atom. The minimum Gasteiger partial charge on any atom is -0.462 e. The van der Waals surface area contributed by atoms with Crippen molar-refractivity contribution in [2.24, 2.45) is 0 Å². The van der Waals surface area contributed by atoms with E-state index in [9.17, 15) is 14.4 Å². The van der Waals surface area contributed by atoms with Crippen LogP contribution in [-0.2, 0) is 28.6 Å². The summed E-state index contributed by atoms with van der Waals surface area (Å²) in [5.41, 5.74) is 0. The number of hydrogen-bond acceptors (Lipinski definition) is 6. The molecule has 6 nitrogen and oxygen atoms in total. The first-order valence-corrected chi connectivity index (χ1v) is 33.6. The molecule has 0 aliphatic carbocycles. The van der Waals surface area contributed by atoms with Crippen LogP contribution in [0.4, 0.5) is 0 Å². The summed E-state index contributed by atoms with van der Waals surface area (Å²) in [5.74, 6) is -0.982. The van der Waals surface area contributed by atoms with Crippen LogP contribution in [0.15, 0.2) is 170 Å². The van der Waals surface area contributed by atoms with Gasteiger partial charge in [0.05, 0.1) is 0 Å². The molecule has 0 fully saturated rings. The molecular formula is C77H122O6. The summed E-state index contributed by atoms with van der Waals surface area (Å²) in [6.45, 7) is 6.35. The van der Waals surface area contributed by atoms with Gasteiger partial charge in [0.2, 0.25) is 0 Å². The van der Waals surface area contributed by atoms with E-state index in [1.165, 1.54) is 77.0 Å². The number of ether oxygens (including phenoxy) is 3. The van der Waals surface area contributed by atoms with Crippen molar-refractivity contribution in [3.63, 3.8) is 0 Å². The Morgan fingerprint density at radius 2 is 0.470 bits per heavy atom. The van der Waals surface area contributed by atoms with E-state index in [0.717, 1.165) is 154 Å². The number of hydrogen-bond donors (Lipinski definition) is 0. The Morgan fingerprint density at radius 3 is 0.759 bits per heavy atom. The van der Waals surface area contributed by atoms with Crippen LogP contribution in [0.1, 0.15) is 278 Å². The predicted octanol–water partition coefficient (Wildman–Crippen LogP) is 23.4. The number of allylic oxidation sites excluding steroid dienone is 28. The molecule has 0 saturated carbocycles. The van der Waals surface area contributed by atoms with Gasteiger partial charge in [0, 0.05) is 19.3 Å². The van der Waals surface area contributed by atoms with E-state index in [2.05, 4.69) is 191 Å². The third kappa shape index (κ3) is 67.4. The van der Waals surface area contributed by atoms with Gasteiger partial charge >= 0.3 is 17.9 Å². The van der Waals surface area contributed by atoms with Crippen molar-refractivity contribution in [3.8, 4) is 0 Å². The lowest BCUT2D eigenvalue weighted by Gasteiger charge is -2.18. The van der Waals surface area contributed by atoms with Crippen molar-refractivity contribution in [2.45, 2.75) is 284 Å². The molecule has 1 atom stereocenters. The zero-order valence-corrected chi connectivity index (χ0v) is 53.4. The van der Waals surface area contributed by atoms with Crippen molar-refractivity contribution < 1.29 is 28.6 Å². The highest BCUT2D eigenvalue weighted by Gasteiger charge is 2.19. The van der Waals surface area contributed by atoms with Crippen LogP contribution in [-0.4, -0.2) is 37.2 Å². The molecule has 0 N–H and O–H groups in total. The second-order valence-electron chi connectivity index (χ2n) is 21.6. The quantitative estimate of drug-likeness (QED) is 0.0261. The summed E-state index contributed by atoms with van der Waals surface area (Å²) in [7, 11) is 0. The van der Waals surface area contributed by atoms with E-state index in [-0.39, 0.29) is 37.5 Å². The second kappa shape index (κ2) is 69.3. The molecule has 0 rings (SSSR count). The van der Waals surface area contributed by atoms with Crippen LogP contribution in [0.2, 0.25) is 0 Å². The van der Waals surface area contributed by atoms with Crippen LogP contribution < -0.4 is 0 Å². The van der Waals surface area contributed by atoms with Gasteiger partial charge in [-0.05, 0) is 154 Å². The Bertz CT molecular complexity index is 1890. The van der Waals surface area contributed by atoms with E-state index < -0.39 is 6.10 Å². The fourth-order valence-corrected chi connectivity index (χ4v) is 8.71. The van der Waals surface area contributed by atoms with E-state index in [0.29, 0.717) is 19.3 Å². The van der Waals surface area contributed by atoms with Crippen molar-refractivity contribution in [1.82, 2.24) is 0 Å². The van der Waals surface area contributed by atoms with Crippen LogP contribution in [0.3, 0.4) is 0 Å². The van der Waals surface area contributed by atoms with E-state index in [1.54, 1.807) is 0 Å². The van der Waals surface area contributed by atoms with E-state index in [4.69, 9.17) is 14.2 Å². The van der Waals surface area contributed by atoms with Crippen molar-refractivity contribution in [1.29, 1.82) is 0 Å². The molecule has 0 aromatic rings. The monoisotopic (exact) mass is 1140 g/mol. The molecule has 466 valence electrons. The summed E-state index contributed by atoms with van der Waals surface area (Å²) in [5, 5.41) is 0. The largest absolute Gasteiger partial charge is 0.462 e. The maximum absolute atomic E-state index is 12.9. The molecule has 0 aromatic carbocycles. The second-order valence-corrected chi connectivity index (χ2v) is 21.6. The minimum absolute atomic E-state index is 0.114. The highest BCUT2D eigenvalue weighted by Crippen LogP contribution is 2.14. The third-order valence-corrected chi connectivity index (χ3v) is 13.7. The lowest BCUT2D eigenvalue weighted by Crippen LogP contribution is -2.30. The molecule has 0 aliphatic rings. The van der Waals surface area contributed by atoms with Gasteiger partial charge < -0.3 is 14.2 Å². The fraction of sp³-hybridized carbons (Fsp3) is 0.597. The molecule has 0 heterocycles. The average molecular weight is 1140 g/mol. The maximum Gasteiger partial charge on any atom is 0.306 e. The van der Waals surface area contributed by atoms with Gasteiger partial charge in [0.1, 0.15) is 13.2 Å². The molecular weight excluding hydrogens is 1020 g/mol. The Labute approximate surface area is 511 Å². The number of rotatable bonds is 59. The van der Waals surface area contributed by atoms with Gasteiger partial charge in [-0.15, -0.1) is 0 Å². The SMILES string of the molecule is CC/C=C\C/C=C\C/C=C\C/C=C\C/C=C\C/C=C\CCCCC(=O)OC(COC(=O)CCCCCCCC/C=C\C/C=C\C/C=C\CCCCCCC)COC(=O)CCCCCCCCC/C=C\C/C=C\C/C=C\C/C=C\C/C=C\CC. The van der Waals surface area contributed by atoms with Gasteiger partial charge in [0.25, 0.3) is 0 Å². The topological polar surface area (TPSA) is 78.9 Å². The number of carbonyl (C=O) groups is 3. The summed E-state index contributed by atoms with van der Waals surface area (Å²) in [4.78, 5) is 38.4.